The Morgan fingerprint density at radius 1 is 0.967 bits per heavy atom. The van der Waals surface area contributed by atoms with Crippen molar-refractivity contribution in [1.29, 1.82) is 0 Å². The Labute approximate surface area is 178 Å². The quantitative estimate of drug-likeness (QED) is 0.456. The minimum atomic E-state index is -0.749. The maximum atomic E-state index is 13.5. The first kappa shape index (κ1) is 19.8. The van der Waals surface area contributed by atoms with Crippen molar-refractivity contribution in [1.82, 2.24) is 9.78 Å². The van der Waals surface area contributed by atoms with Crippen LogP contribution in [-0.4, -0.2) is 15.7 Å². The van der Waals surface area contributed by atoms with Gasteiger partial charge in [0, 0.05) is 11.8 Å². The van der Waals surface area contributed by atoms with E-state index in [0.29, 0.717) is 12.2 Å². The van der Waals surface area contributed by atoms with E-state index in [1.54, 1.807) is 29.2 Å². The number of aromatic nitrogens is 2. The first-order valence-corrected chi connectivity index (χ1v) is 10.6. The third kappa shape index (κ3) is 4.23. The molecule has 1 unspecified atom stereocenters. The molecule has 150 valence electrons. The minimum Gasteiger partial charge on any atom is -0.306 e. The number of anilines is 1. The highest BCUT2D eigenvalue weighted by Crippen LogP contribution is 2.23. The number of para-hydroxylation sites is 1. The number of hydrogen-bond acceptors (Lipinski definition) is 4. The zero-order chi connectivity index (χ0) is 20.9. The molecule has 30 heavy (non-hydrogen) atoms. The summed E-state index contributed by atoms with van der Waals surface area (Å²) in [4.78, 5) is 28.7. The largest absolute Gasteiger partial charge is 0.306 e. The fraction of sp³-hybridized carbons (Fsp3) is 0.125. The Morgan fingerprint density at radius 2 is 1.67 bits per heavy atom. The van der Waals surface area contributed by atoms with Gasteiger partial charge in [-0.05, 0) is 42.1 Å². The van der Waals surface area contributed by atoms with Crippen molar-refractivity contribution in [3.8, 4) is 10.6 Å². The maximum absolute atomic E-state index is 13.5. The van der Waals surface area contributed by atoms with Gasteiger partial charge >= 0.3 is 0 Å². The van der Waals surface area contributed by atoms with Crippen molar-refractivity contribution < 1.29 is 4.79 Å². The summed E-state index contributed by atoms with van der Waals surface area (Å²) in [5.74, 6) is -0.192. The Bertz CT molecular complexity index is 1170. The summed E-state index contributed by atoms with van der Waals surface area (Å²) in [5, 5.41) is 6.44. The first-order valence-electron chi connectivity index (χ1n) is 9.67. The monoisotopic (exact) mass is 415 g/mol. The van der Waals surface area contributed by atoms with Gasteiger partial charge in [-0.25, -0.2) is 4.68 Å². The van der Waals surface area contributed by atoms with E-state index in [9.17, 15) is 9.59 Å². The average Bonchev–Trinajstić information content (AvgIpc) is 3.33. The standard InChI is InChI=1S/C24H21N3O2S/c1-18(27-23(28)15-14-21(25-27)22-13-8-16-30-22)24(29)26(20-11-6-3-7-12-20)17-19-9-4-2-5-10-19/h2-16,18H,17H2,1H3. The highest BCUT2D eigenvalue weighted by molar-refractivity contribution is 7.13. The highest BCUT2D eigenvalue weighted by atomic mass is 32.1. The number of rotatable bonds is 6. The van der Waals surface area contributed by atoms with Gasteiger partial charge in [0.15, 0.2) is 0 Å². The zero-order valence-electron chi connectivity index (χ0n) is 16.5. The number of hydrogen-bond donors (Lipinski definition) is 0. The Balaban J connectivity index is 1.69. The highest BCUT2D eigenvalue weighted by Gasteiger charge is 2.25. The third-order valence-corrected chi connectivity index (χ3v) is 5.73. The topological polar surface area (TPSA) is 55.2 Å². The zero-order valence-corrected chi connectivity index (χ0v) is 17.3. The summed E-state index contributed by atoms with van der Waals surface area (Å²) in [5.41, 5.74) is 2.16. The van der Waals surface area contributed by atoms with Gasteiger partial charge in [0.25, 0.3) is 11.5 Å². The fourth-order valence-corrected chi connectivity index (χ4v) is 3.95. The molecule has 0 spiro atoms. The van der Waals surface area contributed by atoms with Crippen molar-refractivity contribution in [2.45, 2.75) is 19.5 Å². The van der Waals surface area contributed by atoms with Crippen LogP contribution >= 0.6 is 11.3 Å². The van der Waals surface area contributed by atoms with Crippen LogP contribution in [0.5, 0.6) is 0 Å². The molecule has 2 aromatic heterocycles. The van der Waals surface area contributed by atoms with Crippen LogP contribution in [0.25, 0.3) is 10.6 Å². The van der Waals surface area contributed by atoms with Crippen molar-refractivity contribution in [2.24, 2.45) is 0 Å². The number of thiophene rings is 1. The maximum Gasteiger partial charge on any atom is 0.267 e. The lowest BCUT2D eigenvalue weighted by atomic mass is 10.1. The second kappa shape index (κ2) is 8.88. The van der Waals surface area contributed by atoms with E-state index in [2.05, 4.69) is 5.10 Å². The summed E-state index contributed by atoms with van der Waals surface area (Å²) in [7, 11) is 0. The van der Waals surface area contributed by atoms with Crippen LogP contribution in [0.3, 0.4) is 0 Å². The van der Waals surface area contributed by atoms with E-state index in [1.807, 2.05) is 78.2 Å². The number of benzene rings is 2. The van der Waals surface area contributed by atoms with Gasteiger partial charge < -0.3 is 4.90 Å². The fourth-order valence-electron chi connectivity index (χ4n) is 3.26. The van der Waals surface area contributed by atoms with Gasteiger partial charge in [-0.1, -0.05) is 54.6 Å². The van der Waals surface area contributed by atoms with Crippen LogP contribution < -0.4 is 10.5 Å². The van der Waals surface area contributed by atoms with Crippen LogP contribution in [0.2, 0.25) is 0 Å². The summed E-state index contributed by atoms with van der Waals surface area (Å²) >= 11 is 1.54. The molecule has 0 fully saturated rings. The number of carbonyl (C=O) groups excluding carboxylic acids is 1. The Morgan fingerprint density at radius 3 is 2.33 bits per heavy atom. The van der Waals surface area contributed by atoms with E-state index in [1.165, 1.54) is 10.7 Å². The SMILES string of the molecule is CC(C(=O)N(Cc1ccccc1)c1ccccc1)n1nc(-c2cccs2)ccc1=O. The van der Waals surface area contributed by atoms with Crippen LogP contribution in [0.4, 0.5) is 5.69 Å². The molecule has 0 saturated heterocycles. The van der Waals surface area contributed by atoms with Gasteiger partial charge in [-0.15, -0.1) is 11.3 Å². The molecule has 0 aliphatic rings. The Kier molecular flexibility index (Phi) is 5.86. The van der Waals surface area contributed by atoms with Gasteiger partial charge in [-0.3, -0.25) is 9.59 Å². The molecular weight excluding hydrogens is 394 g/mol. The number of carbonyl (C=O) groups is 1. The molecule has 0 aliphatic carbocycles. The normalized spacial score (nSPS) is 11.8. The summed E-state index contributed by atoms with van der Waals surface area (Å²) in [6.45, 7) is 2.13. The van der Waals surface area contributed by atoms with E-state index in [4.69, 9.17) is 0 Å². The molecule has 0 N–H and O–H groups in total. The summed E-state index contributed by atoms with van der Waals surface area (Å²) < 4.78 is 1.28. The molecular formula is C24H21N3O2S. The van der Waals surface area contributed by atoms with E-state index < -0.39 is 6.04 Å². The predicted octanol–water partition coefficient (Wildman–Crippen LogP) is 4.77. The van der Waals surface area contributed by atoms with Gasteiger partial charge in [0.2, 0.25) is 0 Å². The second-order valence-electron chi connectivity index (χ2n) is 6.90. The van der Waals surface area contributed by atoms with Crippen LogP contribution in [-0.2, 0) is 11.3 Å². The molecule has 2 heterocycles. The minimum absolute atomic E-state index is 0.192. The molecule has 1 atom stereocenters. The lowest BCUT2D eigenvalue weighted by Gasteiger charge is -2.26. The van der Waals surface area contributed by atoms with Gasteiger partial charge in [-0.2, -0.15) is 5.10 Å². The van der Waals surface area contributed by atoms with E-state index in [-0.39, 0.29) is 11.5 Å². The molecule has 0 aliphatic heterocycles. The van der Waals surface area contributed by atoms with Crippen LogP contribution in [0.15, 0.2) is 95.1 Å². The predicted molar refractivity (Wildman–Crippen MR) is 121 cm³/mol. The molecule has 0 saturated carbocycles. The number of nitrogens with zero attached hydrogens (tertiary/aromatic N) is 3. The molecule has 0 bridgehead atoms. The van der Waals surface area contributed by atoms with Crippen molar-refractivity contribution in [3.05, 3.63) is 106 Å². The van der Waals surface area contributed by atoms with E-state index >= 15 is 0 Å². The molecule has 4 aromatic rings. The van der Waals surface area contributed by atoms with Crippen molar-refractivity contribution >= 4 is 22.9 Å². The summed E-state index contributed by atoms with van der Waals surface area (Å²) in [6, 6.07) is 25.6. The smallest absolute Gasteiger partial charge is 0.267 e. The van der Waals surface area contributed by atoms with Gasteiger partial charge in [0.1, 0.15) is 11.7 Å². The second-order valence-corrected chi connectivity index (χ2v) is 7.85. The molecule has 1 amide bonds. The molecule has 2 aromatic carbocycles. The lowest BCUT2D eigenvalue weighted by Crippen LogP contribution is -2.40. The van der Waals surface area contributed by atoms with E-state index in [0.717, 1.165) is 16.1 Å². The van der Waals surface area contributed by atoms with Gasteiger partial charge in [0.05, 0.1) is 11.4 Å². The average molecular weight is 416 g/mol. The Hall–Kier alpha value is -3.51. The molecule has 0 radical (unpaired) electrons. The van der Waals surface area contributed by atoms with Crippen LogP contribution in [0, 0.1) is 0 Å². The first-order chi connectivity index (χ1) is 14.6. The lowest BCUT2D eigenvalue weighted by molar-refractivity contribution is -0.121. The number of amides is 1. The van der Waals surface area contributed by atoms with Crippen LogP contribution in [0.1, 0.15) is 18.5 Å². The van der Waals surface area contributed by atoms with Crippen molar-refractivity contribution in [3.63, 3.8) is 0 Å². The molecule has 5 nitrogen and oxygen atoms in total. The summed E-state index contributed by atoms with van der Waals surface area (Å²) in [6.07, 6.45) is 0. The third-order valence-electron chi connectivity index (χ3n) is 4.84. The molecule has 6 heteroatoms. The van der Waals surface area contributed by atoms with Crippen molar-refractivity contribution in [2.75, 3.05) is 4.90 Å². The molecule has 4 rings (SSSR count).